The molecule has 0 fully saturated rings. The molecule has 78 valence electrons. The molecule has 0 saturated heterocycles. The van der Waals surface area contributed by atoms with Crippen LogP contribution >= 0.6 is 0 Å². The summed E-state index contributed by atoms with van der Waals surface area (Å²) in [5, 5.41) is 7.86. The number of anilines is 1. The van der Waals surface area contributed by atoms with Crippen molar-refractivity contribution >= 4 is 5.82 Å². The first-order valence-electron chi connectivity index (χ1n) is 4.85. The third-order valence-corrected chi connectivity index (χ3v) is 2.51. The Kier molecular flexibility index (Phi) is 2.19. The third-order valence-electron chi connectivity index (χ3n) is 2.51. The van der Waals surface area contributed by atoms with Crippen LogP contribution in [0.25, 0.3) is 5.69 Å². The van der Waals surface area contributed by atoms with Crippen molar-refractivity contribution in [1.82, 2.24) is 15.0 Å². The first-order valence-corrected chi connectivity index (χ1v) is 4.85. The average Bonchev–Trinajstić information content (AvgIpc) is 2.49. The normalized spacial score (nSPS) is 10.6. The van der Waals surface area contributed by atoms with E-state index in [1.165, 1.54) is 11.1 Å². The van der Waals surface area contributed by atoms with Gasteiger partial charge in [0.15, 0.2) is 5.82 Å². The van der Waals surface area contributed by atoms with E-state index in [2.05, 4.69) is 36.3 Å². The zero-order chi connectivity index (χ0) is 11.0. The molecule has 0 radical (unpaired) electrons. The second-order valence-electron chi connectivity index (χ2n) is 3.76. The van der Waals surface area contributed by atoms with Crippen molar-refractivity contribution in [3.8, 4) is 5.69 Å². The van der Waals surface area contributed by atoms with E-state index < -0.39 is 0 Å². The molecule has 0 amide bonds. The molecule has 0 aliphatic carbocycles. The quantitative estimate of drug-likeness (QED) is 0.766. The van der Waals surface area contributed by atoms with E-state index in [-0.39, 0.29) is 0 Å². The standard InChI is InChI=1S/C11H14N4/c1-7-4-5-10(8(2)6-7)15-9(3)11(12)13-14-15/h4-6H,12H2,1-3H3. The molecule has 0 saturated carbocycles. The van der Waals surface area contributed by atoms with Crippen LogP contribution in [0.4, 0.5) is 5.82 Å². The van der Waals surface area contributed by atoms with E-state index in [0.29, 0.717) is 5.82 Å². The molecule has 1 heterocycles. The molecule has 0 unspecified atom stereocenters. The van der Waals surface area contributed by atoms with Crippen LogP contribution in [0, 0.1) is 20.8 Å². The van der Waals surface area contributed by atoms with Gasteiger partial charge in [-0.15, -0.1) is 5.10 Å². The van der Waals surface area contributed by atoms with E-state index in [1.807, 2.05) is 13.0 Å². The Bertz CT molecular complexity index is 499. The lowest BCUT2D eigenvalue weighted by molar-refractivity contribution is 0.780. The van der Waals surface area contributed by atoms with Gasteiger partial charge in [-0.2, -0.15) is 0 Å². The van der Waals surface area contributed by atoms with E-state index >= 15 is 0 Å². The van der Waals surface area contributed by atoms with Crippen molar-refractivity contribution < 1.29 is 0 Å². The molecule has 0 spiro atoms. The third kappa shape index (κ3) is 1.58. The van der Waals surface area contributed by atoms with E-state index in [1.54, 1.807) is 4.68 Å². The van der Waals surface area contributed by atoms with Gasteiger partial charge in [0.25, 0.3) is 0 Å². The van der Waals surface area contributed by atoms with Gasteiger partial charge in [0.05, 0.1) is 11.4 Å². The summed E-state index contributed by atoms with van der Waals surface area (Å²) >= 11 is 0. The van der Waals surface area contributed by atoms with Gasteiger partial charge in [0.2, 0.25) is 0 Å². The fourth-order valence-electron chi connectivity index (χ4n) is 1.61. The Morgan fingerprint density at radius 3 is 2.47 bits per heavy atom. The number of benzene rings is 1. The Morgan fingerprint density at radius 2 is 1.93 bits per heavy atom. The van der Waals surface area contributed by atoms with Crippen molar-refractivity contribution in [2.45, 2.75) is 20.8 Å². The monoisotopic (exact) mass is 202 g/mol. The van der Waals surface area contributed by atoms with Gasteiger partial charge < -0.3 is 5.73 Å². The van der Waals surface area contributed by atoms with Crippen LogP contribution in [0.2, 0.25) is 0 Å². The lowest BCUT2D eigenvalue weighted by atomic mass is 10.1. The Morgan fingerprint density at radius 1 is 1.20 bits per heavy atom. The summed E-state index contributed by atoms with van der Waals surface area (Å²) in [6.07, 6.45) is 0. The van der Waals surface area contributed by atoms with Crippen LogP contribution in [0.1, 0.15) is 16.8 Å². The Hall–Kier alpha value is -1.84. The van der Waals surface area contributed by atoms with Crippen LogP contribution in [-0.4, -0.2) is 15.0 Å². The Balaban J connectivity index is 2.59. The van der Waals surface area contributed by atoms with Crippen molar-refractivity contribution in [2.24, 2.45) is 0 Å². The maximum Gasteiger partial charge on any atom is 0.169 e. The fraction of sp³-hybridized carbons (Fsp3) is 0.273. The minimum absolute atomic E-state index is 0.481. The van der Waals surface area contributed by atoms with Gasteiger partial charge in [-0.1, -0.05) is 22.9 Å². The molecule has 2 aromatic rings. The first-order chi connectivity index (χ1) is 7.09. The maximum atomic E-state index is 5.66. The molecular weight excluding hydrogens is 188 g/mol. The minimum Gasteiger partial charge on any atom is -0.381 e. The highest BCUT2D eigenvalue weighted by Gasteiger charge is 2.08. The lowest BCUT2D eigenvalue weighted by Crippen LogP contribution is -2.02. The van der Waals surface area contributed by atoms with Gasteiger partial charge in [-0.25, -0.2) is 4.68 Å². The van der Waals surface area contributed by atoms with Gasteiger partial charge in [-0.05, 0) is 32.4 Å². The number of aromatic nitrogens is 3. The zero-order valence-electron chi connectivity index (χ0n) is 9.15. The SMILES string of the molecule is Cc1ccc(-n2nnc(N)c2C)c(C)c1. The van der Waals surface area contributed by atoms with Crippen LogP contribution < -0.4 is 5.73 Å². The number of nitrogen functional groups attached to an aromatic ring is 1. The highest BCUT2D eigenvalue weighted by Crippen LogP contribution is 2.18. The summed E-state index contributed by atoms with van der Waals surface area (Å²) in [7, 11) is 0. The molecule has 15 heavy (non-hydrogen) atoms. The highest BCUT2D eigenvalue weighted by molar-refractivity contribution is 5.45. The van der Waals surface area contributed by atoms with Crippen molar-refractivity contribution in [2.75, 3.05) is 5.73 Å². The second-order valence-corrected chi connectivity index (χ2v) is 3.76. The summed E-state index contributed by atoms with van der Waals surface area (Å²) in [6, 6.07) is 6.21. The molecular formula is C11H14N4. The summed E-state index contributed by atoms with van der Waals surface area (Å²) in [4.78, 5) is 0. The molecule has 0 aliphatic rings. The molecule has 4 nitrogen and oxygen atoms in total. The van der Waals surface area contributed by atoms with Crippen LogP contribution in [0.15, 0.2) is 18.2 Å². The van der Waals surface area contributed by atoms with Gasteiger partial charge in [0, 0.05) is 0 Å². The van der Waals surface area contributed by atoms with Crippen molar-refractivity contribution in [1.29, 1.82) is 0 Å². The number of hydrogen-bond acceptors (Lipinski definition) is 3. The van der Waals surface area contributed by atoms with Gasteiger partial charge in [-0.3, -0.25) is 0 Å². The van der Waals surface area contributed by atoms with Crippen LogP contribution in [-0.2, 0) is 0 Å². The molecule has 0 aliphatic heterocycles. The zero-order valence-corrected chi connectivity index (χ0v) is 9.15. The summed E-state index contributed by atoms with van der Waals surface area (Å²) in [6.45, 7) is 6.04. The molecule has 1 aromatic carbocycles. The summed E-state index contributed by atoms with van der Waals surface area (Å²) in [5.41, 5.74) is 9.98. The number of rotatable bonds is 1. The molecule has 0 atom stereocenters. The van der Waals surface area contributed by atoms with Crippen LogP contribution in [0.3, 0.4) is 0 Å². The molecule has 1 aromatic heterocycles. The smallest absolute Gasteiger partial charge is 0.169 e. The lowest BCUT2D eigenvalue weighted by Gasteiger charge is -2.07. The van der Waals surface area contributed by atoms with E-state index in [4.69, 9.17) is 5.73 Å². The minimum atomic E-state index is 0.481. The second kappa shape index (κ2) is 3.38. The number of nitrogens with two attached hydrogens (primary N) is 1. The van der Waals surface area contributed by atoms with E-state index in [9.17, 15) is 0 Å². The summed E-state index contributed by atoms with van der Waals surface area (Å²) in [5.74, 6) is 0.481. The topological polar surface area (TPSA) is 56.7 Å². The molecule has 4 heteroatoms. The maximum absolute atomic E-state index is 5.66. The largest absolute Gasteiger partial charge is 0.381 e. The molecule has 0 bridgehead atoms. The van der Waals surface area contributed by atoms with Crippen molar-refractivity contribution in [3.63, 3.8) is 0 Å². The fourth-order valence-corrected chi connectivity index (χ4v) is 1.61. The van der Waals surface area contributed by atoms with Crippen molar-refractivity contribution in [3.05, 3.63) is 35.0 Å². The highest BCUT2D eigenvalue weighted by atomic mass is 15.4. The van der Waals surface area contributed by atoms with Crippen LogP contribution in [0.5, 0.6) is 0 Å². The number of hydrogen-bond donors (Lipinski definition) is 1. The average molecular weight is 202 g/mol. The number of nitrogens with zero attached hydrogens (tertiary/aromatic N) is 3. The molecule has 2 N–H and O–H groups in total. The predicted molar refractivity (Wildman–Crippen MR) is 60.0 cm³/mol. The number of aryl methyl sites for hydroxylation is 2. The van der Waals surface area contributed by atoms with Gasteiger partial charge >= 0.3 is 0 Å². The van der Waals surface area contributed by atoms with Gasteiger partial charge in [0.1, 0.15) is 0 Å². The summed E-state index contributed by atoms with van der Waals surface area (Å²) < 4.78 is 1.77. The van der Waals surface area contributed by atoms with E-state index in [0.717, 1.165) is 11.4 Å². The predicted octanol–water partition coefficient (Wildman–Crippen LogP) is 1.77. The first kappa shape index (κ1) is 9.71. The molecule has 2 rings (SSSR count). The Labute approximate surface area is 88.7 Å².